The fraction of sp³-hybridized carbons (Fsp3) is 0.524. The molecule has 0 unspecified atom stereocenters. The summed E-state index contributed by atoms with van der Waals surface area (Å²) in [6, 6.07) is 9.68. The van der Waals surface area contributed by atoms with E-state index in [0.29, 0.717) is 18.4 Å². The summed E-state index contributed by atoms with van der Waals surface area (Å²) in [6.45, 7) is 1.78. The SMILES string of the molecule is N#Cc1ccc(CCC(=O)N2CCC[C@@H]2c2nnc3n2CCCCC3)cc1. The quantitative estimate of drug-likeness (QED) is 0.836. The molecule has 6 nitrogen and oxygen atoms in total. The minimum Gasteiger partial charge on any atom is -0.332 e. The average Bonchev–Trinajstić information content (AvgIpc) is 3.27. The Balaban J connectivity index is 1.44. The van der Waals surface area contributed by atoms with Crippen LogP contribution in [-0.2, 0) is 24.2 Å². The van der Waals surface area contributed by atoms with Crippen molar-refractivity contribution in [1.82, 2.24) is 19.7 Å². The molecular formula is C21H25N5O. The number of carbonyl (C=O) groups is 1. The topological polar surface area (TPSA) is 74.8 Å². The van der Waals surface area contributed by atoms with Gasteiger partial charge in [0.1, 0.15) is 5.82 Å². The summed E-state index contributed by atoms with van der Waals surface area (Å²) < 4.78 is 2.27. The number of fused-ring (bicyclic) bond motifs is 1. The van der Waals surface area contributed by atoms with Crippen molar-refractivity contribution in [3.63, 3.8) is 0 Å². The Bertz CT molecular complexity index is 848. The summed E-state index contributed by atoms with van der Waals surface area (Å²) in [6.07, 6.45) is 7.76. The maximum atomic E-state index is 12.9. The van der Waals surface area contributed by atoms with Gasteiger partial charge in [0.2, 0.25) is 5.91 Å². The van der Waals surface area contributed by atoms with Gasteiger partial charge in [0.15, 0.2) is 5.82 Å². The smallest absolute Gasteiger partial charge is 0.223 e. The lowest BCUT2D eigenvalue weighted by molar-refractivity contribution is -0.132. The molecule has 4 rings (SSSR count). The Labute approximate surface area is 159 Å². The predicted octanol–water partition coefficient (Wildman–Crippen LogP) is 3.17. The molecule has 1 saturated heterocycles. The second-order valence-electron chi connectivity index (χ2n) is 7.49. The molecule has 1 fully saturated rings. The van der Waals surface area contributed by atoms with Gasteiger partial charge in [-0.1, -0.05) is 18.6 Å². The van der Waals surface area contributed by atoms with Gasteiger partial charge in [-0.15, -0.1) is 10.2 Å². The predicted molar refractivity (Wildman–Crippen MR) is 101 cm³/mol. The van der Waals surface area contributed by atoms with Gasteiger partial charge < -0.3 is 9.47 Å². The summed E-state index contributed by atoms with van der Waals surface area (Å²) in [4.78, 5) is 14.9. The fourth-order valence-corrected chi connectivity index (χ4v) is 4.23. The van der Waals surface area contributed by atoms with Crippen LogP contribution in [0.5, 0.6) is 0 Å². The molecule has 140 valence electrons. The Morgan fingerprint density at radius 2 is 1.96 bits per heavy atom. The van der Waals surface area contributed by atoms with Crippen molar-refractivity contribution in [2.24, 2.45) is 0 Å². The van der Waals surface area contributed by atoms with Crippen LogP contribution in [0.25, 0.3) is 0 Å². The molecular weight excluding hydrogens is 338 g/mol. The zero-order valence-corrected chi connectivity index (χ0v) is 15.6. The van der Waals surface area contributed by atoms with Crippen LogP contribution >= 0.6 is 0 Å². The van der Waals surface area contributed by atoms with Crippen molar-refractivity contribution in [3.05, 3.63) is 47.0 Å². The highest BCUT2D eigenvalue weighted by Crippen LogP contribution is 2.33. The maximum absolute atomic E-state index is 12.9. The fourth-order valence-electron chi connectivity index (χ4n) is 4.23. The van der Waals surface area contributed by atoms with Crippen molar-refractivity contribution in [1.29, 1.82) is 5.26 Å². The van der Waals surface area contributed by atoms with Crippen molar-refractivity contribution in [2.75, 3.05) is 6.54 Å². The third kappa shape index (κ3) is 3.73. The summed E-state index contributed by atoms with van der Waals surface area (Å²) in [5, 5.41) is 17.8. The van der Waals surface area contributed by atoms with Gasteiger partial charge in [0.25, 0.3) is 0 Å². The van der Waals surface area contributed by atoms with E-state index in [1.54, 1.807) is 0 Å². The molecule has 1 aromatic heterocycles. The second kappa shape index (κ2) is 7.91. The first-order chi connectivity index (χ1) is 13.3. The zero-order chi connectivity index (χ0) is 18.6. The largest absolute Gasteiger partial charge is 0.332 e. The molecule has 0 N–H and O–H groups in total. The Kier molecular flexibility index (Phi) is 5.19. The van der Waals surface area contributed by atoms with Crippen molar-refractivity contribution >= 4 is 5.91 Å². The van der Waals surface area contributed by atoms with Crippen LogP contribution in [0.15, 0.2) is 24.3 Å². The van der Waals surface area contributed by atoms with E-state index >= 15 is 0 Å². The first kappa shape index (κ1) is 17.7. The molecule has 2 aromatic rings. The lowest BCUT2D eigenvalue weighted by atomic mass is 10.1. The lowest BCUT2D eigenvalue weighted by Gasteiger charge is -2.25. The van der Waals surface area contributed by atoms with Gasteiger partial charge in [-0.3, -0.25) is 4.79 Å². The van der Waals surface area contributed by atoms with Gasteiger partial charge in [0, 0.05) is 25.9 Å². The van der Waals surface area contributed by atoms with Crippen LogP contribution in [-0.4, -0.2) is 32.1 Å². The summed E-state index contributed by atoms with van der Waals surface area (Å²) in [5.41, 5.74) is 1.74. The van der Waals surface area contributed by atoms with E-state index in [1.165, 1.54) is 12.8 Å². The van der Waals surface area contributed by atoms with E-state index in [1.807, 2.05) is 29.2 Å². The molecule has 0 aliphatic carbocycles. The number of likely N-dealkylation sites (tertiary alicyclic amines) is 1. The summed E-state index contributed by atoms with van der Waals surface area (Å²) >= 11 is 0. The number of benzene rings is 1. The Morgan fingerprint density at radius 1 is 1.11 bits per heavy atom. The summed E-state index contributed by atoms with van der Waals surface area (Å²) in [5.74, 6) is 2.25. The van der Waals surface area contributed by atoms with Crippen LogP contribution < -0.4 is 0 Å². The van der Waals surface area contributed by atoms with Gasteiger partial charge >= 0.3 is 0 Å². The van der Waals surface area contributed by atoms with E-state index in [-0.39, 0.29) is 11.9 Å². The third-order valence-corrected chi connectivity index (χ3v) is 5.72. The molecule has 1 aromatic carbocycles. The second-order valence-corrected chi connectivity index (χ2v) is 7.49. The molecule has 0 radical (unpaired) electrons. The molecule has 1 atom stereocenters. The van der Waals surface area contributed by atoms with E-state index in [2.05, 4.69) is 20.8 Å². The highest BCUT2D eigenvalue weighted by Gasteiger charge is 2.34. The monoisotopic (exact) mass is 363 g/mol. The van der Waals surface area contributed by atoms with Gasteiger partial charge in [-0.25, -0.2) is 0 Å². The minimum absolute atomic E-state index is 0.0674. The van der Waals surface area contributed by atoms with E-state index in [0.717, 1.165) is 56.0 Å². The van der Waals surface area contributed by atoms with Crippen LogP contribution in [0.4, 0.5) is 0 Å². The standard InChI is InChI=1S/C21H25N5O/c22-15-17-9-7-16(8-10-17)11-12-20(27)25-14-4-5-18(25)21-24-23-19-6-2-1-3-13-26(19)21/h7-10,18H,1-6,11-14H2/t18-/m1/s1. The van der Waals surface area contributed by atoms with Crippen LogP contribution in [0, 0.1) is 11.3 Å². The molecule has 27 heavy (non-hydrogen) atoms. The van der Waals surface area contributed by atoms with E-state index < -0.39 is 0 Å². The Hall–Kier alpha value is -2.68. The van der Waals surface area contributed by atoms with Gasteiger partial charge in [-0.2, -0.15) is 5.26 Å². The lowest BCUT2D eigenvalue weighted by Crippen LogP contribution is -2.32. The molecule has 0 spiro atoms. The zero-order valence-electron chi connectivity index (χ0n) is 15.6. The average molecular weight is 363 g/mol. The van der Waals surface area contributed by atoms with Gasteiger partial charge in [0.05, 0.1) is 17.7 Å². The maximum Gasteiger partial charge on any atom is 0.223 e. The number of hydrogen-bond acceptors (Lipinski definition) is 4. The van der Waals surface area contributed by atoms with Crippen LogP contribution in [0.2, 0.25) is 0 Å². The van der Waals surface area contributed by atoms with Crippen molar-refractivity contribution in [3.8, 4) is 6.07 Å². The highest BCUT2D eigenvalue weighted by atomic mass is 16.2. The number of aryl methyl sites for hydroxylation is 2. The first-order valence-electron chi connectivity index (χ1n) is 9.97. The number of nitrogens with zero attached hydrogens (tertiary/aromatic N) is 5. The number of carbonyl (C=O) groups excluding carboxylic acids is 1. The minimum atomic E-state index is 0.0674. The molecule has 6 heteroatoms. The molecule has 0 saturated carbocycles. The number of nitriles is 1. The van der Waals surface area contributed by atoms with Crippen LogP contribution in [0.3, 0.4) is 0 Å². The molecule has 0 bridgehead atoms. The number of hydrogen-bond donors (Lipinski definition) is 0. The van der Waals surface area contributed by atoms with Crippen molar-refractivity contribution < 1.29 is 4.79 Å². The number of aromatic nitrogens is 3. The highest BCUT2D eigenvalue weighted by molar-refractivity contribution is 5.77. The normalized spacial score (nSPS) is 19.4. The molecule has 2 aliphatic rings. The van der Waals surface area contributed by atoms with E-state index in [9.17, 15) is 4.79 Å². The third-order valence-electron chi connectivity index (χ3n) is 5.72. The van der Waals surface area contributed by atoms with Crippen molar-refractivity contribution in [2.45, 2.75) is 64.0 Å². The van der Waals surface area contributed by atoms with E-state index in [4.69, 9.17) is 5.26 Å². The van der Waals surface area contributed by atoms with Crippen LogP contribution in [0.1, 0.15) is 67.3 Å². The molecule has 3 heterocycles. The number of amides is 1. The summed E-state index contributed by atoms with van der Waals surface area (Å²) in [7, 11) is 0. The van der Waals surface area contributed by atoms with Gasteiger partial charge in [-0.05, 0) is 49.8 Å². The first-order valence-corrected chi connectivity index (χ1v) is 9.97. The Morgan fingerprint density at radius 3 is 2.78 bits per heavy atom. The molecule has 2 aliphatic heterocycles. The number of rotatable bonds is 4. The molecule has 1 amide bonds.